The first-order chi connectivity index (χ1) is 9.49. The number of rotatable bonds is 7. The van der Waals surface area contributed by atoms with Gasteiger partial charge < -0.3 is 10.6 Å². The summed E-state index contributed by atoms with van der Waals surface area (Å²) in [5.74, 6) is 0. The summed E-state index contributed by atoms with van der Waals surface area (Å²) < 4.78 is 1.10. The summed E-state index contributed by atoms with van der Waals surface area (Å²) in [4.78, 5) is 4.72. The number of nitrogens with two attached hydrogens (primary N) is 1. The van der Waals surface area contributed by atoms with Crippen molar-refractivity contribution in [1.29, 1.82) is 0 Å². The standard InChI is InChI=1S/C16H28BrN3.2ClH/c1-6-19(7-2)12(5)14-10-13(17)11-15(16(14)18)20(8-3)9-4;;/h10-12H,6-9,18H2,1-5H3;2*1H. The third kappa shape index (κ3) is 5.48. The van der Waals surface area contributed by atoms with Crippen LogP contribution >= 0.6 is 40.7 Å². The van der Waals surface area contributed by atoms with Crippen molar-refractivity contribution in [1.82, 2.24) is 4.90 Å². The molecule has 0 saturated heterocycles. The minimum atomic E-state index is 0. The molecule has 0 spiro atoms. The highest BCUT2D eigenvalue weighted by atomic mass is 79.9. The third-order valence-electron chi connectivity index (χ3n) is 4.07. The van der Waals surface area contributed by atoms with Gasteiger partial charge in [0.2, 0.25) is 0 Å². The van der Waals surface area contributed by atoms with E-state index in [0.29, 0.717) is 6.04 Å². The Balaban J connectivity index is 0. The monoisotopic (exact) mass is 413 g/mol. The Bertz CT molecular complexity index is 436. The zero-order chi connectivity index (χ0) is 15.3. The molecule has 6 heteroatoms. The zero-order valence-corrected chi connectivity index (χ0v) is 17.4. The number of benzene rings is 1. The third-order valence-corrected chi connectivity index (χ3v) is 4.53. The van der Waals surface area contributed by atoms with Crippen LogP contribution in [-0.4, -0.2) is 31.1 Å². The van der Waals surface area contributed by atoms with Crippen LogP contribution in [0.25, 0.3) is 0 Å². The van der Waals surface area contributed by atoms with Crippen LogP contribution in [0.5, 0.6) is 0 Å². The molecule has 3 nitrogen and oxygen atoms in total. The Hall–Kier alpha value is -0.160. The quantitative estimate of drug-likeness (QED) is 0.628. The molecule has 1 atom stereocenters. The SMILES string of the molecule is CCN(CC)c1cc(Br)cc(C(C)N(CC)CC)c1N.Cl.Cl. The van der Waals surface area contributed by atoms with Gasteiger partial charge in [-0.1, -0.05) is 29.8 Å². The van der Waals surface area contributed by atoms with Crippen molar-refractivity contribution in [2.24, 2.45) is 0 Å². The highest BCUT2D eigenvalue weighted by Crippen LogP contribution is 2.36. The zero-order valence-electron chi connectivity index (χ0n) is 14.2. The summed E-state index contributed by atoms with van der Waals surface area (Å²) in [5.41, 5.74) is 9.73. The molecule has 1 rings (SSSR count). The molecule has 1 aromatic carbocycles. The average molecular weight is 415 g/mol. The Kier molecular flexibility index (Phi) is 12.5. The molecule has 0 amide bonds. The minimum Gasteiger partial charge on any atom is -0.397 e. The van der Waals surface area contributed by atoms with Crippen molar-refractivity contribution in [2.45, 2.75) is 40.7 Å². The molecule has 1 aromatic rings. The summed E-state index contributed by atoms with van der Waals surface area (Å²) >= 11 is 3.63. The van der Waals surface area contributed by atoms with E-state index < -0.39 is 0 Å². The van der Waals surface area contributed by atoms with Gasteiger partial charge in [0, 0.05) is 23.6 Å². The number of nitrogen functional groups attached to an aromatic ring is 1. The molecule has 0 heterocycles. The van der Waals surface area contributed by atoms with E-state index in [1.54, 1.807) is 0 Å². The number of halogens is 3. The molecular formula is C16H30BrCl2N3. The molecule has 0 aromatic heterocycles. The van der Waals surface area contributed by atoms with E-state index in [1.165, 1.54) is 5.56 Å². The second-order valence-corrected chi connectivity index (χ2v) is 5.91. The molecule has 1 unspecified atom stereocenters. The molecule has 130 valence electrons. The van der Waals surface area contributed by atoms with Crippen LogP contribution in [0.2, 0.25) is 0 Å². The van der Waals surface area contributed by atoms with Gasteiger partial charge in [-0.25, -0.2) is 0 Å². The van der Waals surface area contributed by atoms with Gasteiger partial charge in [0.25, 0.3) is 0 Å². The van der Waals surface area contributed by atoms with E-state index in [-0.39, 0.29) is 24.8 Å². The first kappa shape index (κ1) is 24.1. The van der Waals surface area contributed by atoms with E-state index in [1.807, 2.05) is 0 Å². The molecule has 0 radical (unpaired) electrons. The van der Waals surface area contributed by atoms with Crippen LogP contribution < -0.4 is 10.6 Å². The summed E-state index contributed by atoms with van der Waals surface area (Å²) in [6, 6.07) is 4.61. The fourth-order valence-electron chi connectivity index (χ4n) is 2.76. The largest absolute Gasteiger partial charge is 0.397 e. The predicted molar refractivity (Wildman–Crippen MR) is 108 cm³/mol. The van der Waals surface area contributed by atoms with Gasteiger partial charge in [-0.3, -0.25) is 4.90 Å². The van der Waals surface area contributed by atoms with E-state index in [9.17, 15) is 0 Å². The van der Waals surface area contributed by atoms with Gasteiger partial charge in [0.15, 0.2) is 0 Å². The van der Waals surface area contributed by atoms with Gasteiger partial charge in [-0.15, -0.1) is 24.8 Å². The smallest absolute Gasteiger partial charge is 0.0614 e. The molecule has 0 bridgehead atoms. The Labute approximate surface area is 156 Å². The Morgan fingerprint density at radius 3 is 1.91 bits per heavy atom. The molecular weight excluding hydrogens is 385 g/mol. The lowest BCUT2D eigenvalue weighted by Gasteiger charge is -2.30. The van der Waals surface area contributed by atoms with Crippen LogP contribution in [0.3, 0.4) is 0 Å². The summed E-state index contributed by atoms with van der Waals surface area (Å²) in [7, 11) is 0. The number of hydrogen-bond donors (Lipinski definition) is 1. The van der Waals surface area contributed by atoms with Crippen LogP contribution in [0.15, 0.2) is 16.6 Å². The van der Waals surface area contributed by atoms with Crippen molar-refractivity contribution in [2.75, 3.05) is 36.8 Å². The minimum absolute atomic E-state index is 0. The molecule has 2 N–H and O–H groups in total. The molecule has 0 aliphatic heterocycles. The van der Waals surface area contributed by atoms with Crippen molar-refractivity contribution in [3.05, 3.63) is 22.2 Å². The van der Waals surface area contributed by atoms with Gasteiger partial charge in [-0.2, -0.15) is 0 Å². The van der Waals surface area contributed by atoms with Crippen LogP contribution in [0.1, 0.15) is 46.2 Å². The lowest BCUT2D eigenvalue weighted by Crippen LogP contribution is -2.28. The maximum Gasteiger partial charge on any atom is 0.0614 e. The van der Waals surface area contributed by atoms with E-state index in [0.717, 1.165) is 42.0 Å². The lowest BCUT2D eigenvalue weighted by molar-refractivity contribution is 0.235. The second-order valence-electron chi connectivity index (χ2n) is 5.00. The fourth-order valence-corrected chi connectivity index (χ4v) is 3.23. The first-order valence-electron chi connectivity index (χ1n) is 7.57. The maximum atomic E-state index is 6.46. The summed E-state index contributed by atoms with van der Waals surface area (Å²) in [6.45, 7) is 15.0. The van der Waals surface area contributed by atoms with Gasteiger partial charge >= 0.3 is 0 Å². The lowest BCUT2D eigenvalue weighted by atomic mass is 10.0. The van der Waals surface area contributed by atoms with Gasteiger partial charge in [0.05, 0.1) is 11.4 Å². The maximum absolute atomic E-state index is 6.46. The van der Waals surface area contributed by atoms with Crippen molar-refractivity contribution >= 4 is 52.1 Å². The van der Waals surface area contributed by atoms with E-state index in [4.69, 9.17) is 5.73 Å². The second kappa shape index (κ2) is 11.4. The molecule has 0 aliphatic rings. The number of nitrogens with zero attached hydrogens (tertiary/aromatic N) is 2. The van der Waals surface area contributed by atoms with E-state index in [2.05, 4.69) is 72.5 Å². The summed E-state index contributed by atoms with van der Waals surface area (Å²) in [5, 5.41) is 0. The van der Waals surface area contributed by atoms with Crippen molar-refractivity contribution < 1.29 is 0 Å². The molecule has 0 saturated carbocycles. The average Bonchev–Trinajstić information content (AvgIpc) is 2.44. The molecule has 0 fully saturated rings. The highest BCUT2D eigenvalue weighted by Gasteiger charge is 2.19. The Morgan fingerprint density at radius 1 is 1.00 bits per heavy atom. The number of anilines is 2. The van der Waals surface area contributed by atoms with Crippen molar-refractivity contribution in [3.63, 3.8) is 0 Å². The summed E-state index contributed by atoms with van der Waals surface area (Å²) in [6.07, 6.45) is 0. The van der Waals surface area contributed by atoms with E-state index >= 15 is 0 Å². The predicted octanol–water partition coefficient (Wildman–Crippen LogP) is 5.12. The highest BCUT2D eigenvalue weighted by molar-refractivity contribution is 9.10. The topological polar surface area (TPSA) is 32.5 Å². The molecule has 22 heavy (non-hydrogen) atoms. The Morgan fingerprint density at radius 2 is 1.50 bits per heavy atom. The normalized spacial score (nSPS) is 11.6. The van der Waals surface area contributed by atoms with Gasteiger partial charge in [0.1, 0.15) is 0 Å². The fraction of sp³-hybridized carbons (Fsp3) is 0.625. The van der Waals surface area contributed by atoms with Crippen molar-refractivity contribution in [3.8, 4) is 0 Å². The first-order valence-corrected chi connectivity index (χ1v) is 8.37. The molecule has 0 aliphatic carbocycles. The van der Waals surface area contributed by atoms with Crippen LogP contribution in [-0.2, 0) is 0 Å². The number of hydrogen-bond acceptors (Lipinski definition) is 3. The van der Waals surface area contributed by atoms with Crippen LogP contribution in [0, 0.1) is 0 Å². The van der Waals surface area contributed by atoms with Gasteiger partial charge in [-0.05, 0) is 51.6 Å². The van der Waals surface area contributed by atoms with Crippen LogP contribution in [0.4, 0.5) is 11.4 Å².